The van der Waals surface area contributed by atoms with Crippen molar-refractivity contribution >= 4 is 34.8 Å². The van der Waals surface area contributed by atoms with Gasteiger partial charge >= 0.3 is 0 Å². The molecule has 0 spiro atoms. The van der Waals surface area contributed by atoms with Crippen LogP contribution in [0.5, 0.6) is 5.75 Å². The Labute approximate surface area is 146 Å². The monoisotopic (exact) mass is 351 g/mol. The summed E-state index contributed by atoms with van der Waals surface area (Å²) in [6, 6.07) is 9.01. The van der Waals surface area contributed by atoms with Crippen LogP contribution in [0, 0.1) is 20.8 Å². The van der Waals surface area contributed by atoms with Crippen molar-refractivity contribution in [1.82, 2.24) is 0 Å². The number of carbonyl (C=O) groups excluding carboxylic acids is 1. The first-order valence-electron chi connectivity index (χ1n) is 7.28. The lowest BCUT2D eigenvalue weighted by Gasteiger charge is -2.17. The quantitative estimate of drug-likeness (QED) is 0.808. The number of hydrogen-bond acceptors (Lipinski definition) is 2. The van der Waals surface area contributed by atoms with Crippen LogP contribution < -0.4 is 10.1 Å². The molecule has 0 aromatic heterocycles. The molecule has 0 fully saturated rings. The van der Waals surface area contributed by atoms with Crippen molar-refractivity contribution in [3.63, 3.8) is 0 Å². The highest BCUT2D eigenvalue weighted by Crippen LogP contribution is 2.27. The van der Waals surface area contributed by atoms with E-state index in [9.17, 15) is 4.79 Å². The Balaban J connectivity index is 2.10. The minimum Gasteiger partial charge on any atom is -0.481 e. The van der Waals surface area contributed by atoms with Gasteiger partial charge in [-0.25, -0.2) is 0 Å². The molecule has 1 atom stereocenters. The van der Waals surface area contributed by atoms with E-state index in [1.54, 1.807) is 19.1 Å². The summed E-state index contributed by atoms with van der Waals surface area (Å²) < 4.78 is 5.73. The van der Waals surface area contributed by atoms with Crippen molar-refractivity contribution in [3.05, 3.63) is 57.1 Å². The first kappa shape index (κ1) is 17.6. The first-order chi connectivity index (χ1) is 10.8. The zero-order valence-electron chi connectivity index (χ0n) is 13.5. The molecule has 1 amide bonds. The van der Waals surface area contributed by atoms with E-state index in [2.05, 4.69) is 5.32 Å². The molecular weight excluding hydrogens is 333 g/mol. The van der Waals surface area contributed by atoms with Gasteiger partial charge in [-0.15, -0.1) is 0 Å². The Hall–Kier alpha value is -1.71. The van der Waals surface area contributed by atoms with E-state index in [0.717, 1.165) is 16.7 Å². The lowest BCUT2D eigenvalue weighted by molar-refractivity contribution is -0.122. The van der Waals surface area contributed by atoms with Gasteiger partial charge in [0.2, 0.25) is 0 Å². The molecule has 0 aliphatic heterocycles. The number of carbonyl (C=O) groups is 1. The van der Waals surface area contributed by atoms with Crippen LogP contribution in [0.2, 0.25) is 10.0 Å². The third kappa shape index (κ3) is 4.40. The highest BCUT2D eigenvalue weighted by molar-refractivity contribution is 6.32. The number of ether oxygens (including phenoxy) is 1. The molecule has 1 N–H and O–H groups in total. The van der Waals surface area contributed by atoms with E-state index in [4.69, 9.17) is 27.9 Å². The van der Waals surface area contributed by atoms with Crippen molar-refractivity contribution in [2.75, 3.05) is 5.32 Å². The highest BCUT2D eigenvalue weighted by Gasteiger charge is 2.16. The second kappa shape index (κ2) is 7.24. The minimum absolute atomic E-state index is 0.236. The molecule has 2 aromatic rings. The Morgan fingerprint density at radius 3 is 2.26 bits per heavy atom. The number of amides is 1. The summed E-state index contributed by atoms with van der Waals surface area (Å²) in [5, 5.41) is 4.12. The summed E-state index contributed by atoms with van der Waals surface area (Å²) in [4.78, 5) is 12.3. The van der Waals surface area contributed by atoms with E-state index in [1.165, 1.54) is 0 Å². The zero-order chi connectivity index (χ0) is 17.1. The minimum atomic E-state index is -0.645. The largest absolute Gasteiger partial charge is 0.481 e. The molecule has 23 heavy (non-hydrogen) atoms. The number of benzene rings is 2. The van der Waals surface area contributed by atoms with Crippen molar-refractivity contribution in [3.8, 4) is 5.75 Å². The van der Waals surface area contributed by atoms with Crippen LogP contribution in [-0.2, 0) is 4.79 Å². The summed E-state index contributed by atoms with van der Waals surface area (Å²) in [6.45, 7) is 7.42. The van der Waals surface area contributed by atoms with Crippen LogP contribution in [-0.4, -0.2) is 12.0 Å². The van der Waals surface area contributed by atoms with E-state index in [0.29, 0.717) is 21.5 Å². The fourth-order valence-corrected chi connectivity index (χ4v) is 2.48. The fourth-order valence-electron chi connectivity index (χ4n) is 2.20. The van der Waals surface area contributed by atoms with Crippen LogP contribution in [0.1, 0.15) is 23.6 Å². The van der Waals surface area contributed by atoms with Gasteiger partial charge in [-0.2, -0.15) is 0 Å². The number of nitrogens with one attached hydrogen (secondary N) is 1. The van der Waals surface area contributed by atoms with Gasteiger partial charge in [-0.1, -0.05) is 29.3 Å². The normalized spacial score (nSPS) is 11.9. The van der Waals surface area contributed by atoms with Gasteiger partial charge < -0.3 is 10.1 Å². The van der Waals surface area contributed by atoms with Crippen molar-refractivity contribution in [1.29, 1.82) is 0 Å². The molecule has 5 heteroatoms. The summed E-state index contributed by atoms with van der Waals surface area (Å²) >= 11 is 12.1. The molecule has 0 aliphatic carbocycles. The number of aryl methyl sites for hydroxylation is 3. The molecule has 122 valence electrons. The maximum Gasteiger partial charge on any atom is 0.265 e. The van der Waals surface area contributed by atoms with E-state index >= 15 is 0 Å². The maximum absolute atomic E-state index is 12.3. The fraction of sp³-hybridized carbons (Fsp3) is 0.278. The molecule has 0 heterocycles. The van der Waals surface area contributed by atoms with Crippen molar-refractivity contribution in [2.45, 2.75) is 33.8 Å². The molecule has 0 aliphatic rings. The second-order valence-electron chi connectivity index (χ2n) is 5.58. The highest BCUT2D eigenvalue weighted by atomic mass is 35.5. The number of halogens is 2. The SMILES string of the molecule is Cc1ccc(Cl)cc1NC(=O)C(C)Oc1cc(C)c(Cl)c(C)c1. The Kier molecular flexibility index (Phi) is 5.55. The van der Waals surface area contributed by atoms with Crippen LogP contribution in [0.15, 0.2) is 30.3 Å². The Morgan fingerprint density at radius 2 is 1.65 bits per heavy atom. The molecule has 2 aromatic carbocycles. The molecule has 1 unspecified atom stereocenters. The van der Waals surface area contributed by atoms with Gasteiger partial charge in [0.1, 0.15) is 5.75 Å². The molecule has 0 bridgehead atoms. The smallest absolute Gasteiger partial charge is 0.265 e. The zero-order valence-corrected chi connectivity index (χ0v) is 15.0. The lowest BCUT2D eigenvalue weighted by Crippen LogP contribution is -2.30. The van der Waals surface area contributed by atoms with Crippen LogP contribution >= 0.6 is 23.2 Å². The van der Waals surface area contributed by atoms with E-state index in [-0.39, 0.29) is 5.91 Å². The standard InChI is InChI=1S/C18H19Cl2NO2/c1-10-5-6-14(19)9-16(10)21-18(22)13(4)23-15-7-11(2)17(20)12(3)8-15/h5-9,13H,1-4H3,(H,21,22). The average molecular weight is 352 g/mol. The summed E-state index contributed by atoms with van der Waals surface area (Å²) in [7, 11) is 0. The summed E-state index contributed by atoms with van der Waals surface area (Å²) in [5.41, 5.74) is 3.45. The van der Waals surface area contributed by atoms with Gasteiger partial charge in [0.05, 0.1) is 0 Å². The third-order valence-corrected chi connectivity index (χ3v) is 4.38. The molecule has 2 rings (SSSR count). The predicted octanol–water partition coefficient (Wildman–Crippen LogP) is 5.32. The second-order valence-corrected chi connectivity index (χ2v) is 6.39. The van der Waals surface area contributed by atoms with E-state index in [1.807, 2.05) is 39.0 Å². The number of hydrogen-bond donors (Lipinski definition) is 1. The molecule has 0 saturated carbocycles. The molecule has 3 nitrogen and oxygen atoms in total. The van der Waals surface area contributed by atoms with Gasteiger partial charge in [0, 0.05) is 15.7 Å². The van der Waals surface area contributed by atoms with Crippen LogP contribution in [0.25, 0.3) is 0 Å². The Morgan fingerprint density at radius 1 is 1.04 bits per heavy atom. The summed E-state index contributed by atoms with van der Waals surface area (Å²) in [5.74, 6) is 0.385. The van der Waals surface area contributed by atoms with Crippen LogP contribution in [0.3, 0.4) is 0 Å². The van der Waals surface area contributed by atoms with Gasteiger partial charge in [0.25, 0.3) is 5.91 Å². The first-order valence-corrected chi connectivity index (χ1v) is 8.04. The Bertz CT molecular complexity index is 721. The average Bonchev–Trinajstić information content (AvgIpc) is 2.48. The number of anilines is 1. The van der Waals surface area contributed by atoms with Crippen molar-refractivity contribution in [2.24, 2.45) is 0 Å². The number of rotatable bonds is 4. The van der Waals surface area contributed by atoms with Crippen molar-refractivity contribution < 1.29 is 9.53 Å². The third-order valence-electron chi connectivity index (χ3n) is 3.55. The van der Waals surface area contributed by atoms with Gasteiger partial charge in [0.15, 0.2) is 6.10 Å². The van der Waals surface area contributed by atoms with E-state index < -0.39 is 6.10 Å². The maximum atomic E-state index is 12.3. The van der Waals surface area contributed by atoms with Crippen LogP contribution in [0.4, 0.5) is 5.69 Å². The lowest BCUT2D eigenvalue weighted by atomic mass is 10.1. The molecule has 0 radical (unpaired) electrons. The van der Waals surface area contributed by atoms with Gasteiger partial charge in [-0.05, 0) is 68.7 Å². The topological polar surface area (TPSA) is 38.3 Å². The summed E-state index contributed by atoms with van der Waals surface area (Å²) in [6.07, 6.45) is -0.645. The molecule has 0 saturated heterocycles. The van der Waals surface area contributed by atoms with Gasteiger partial charge in [-0.3, -0.25) is 4.79 Å². The molecular formula is C18H19Cl2NO2. The predicted molar refractivity (Wildman–Crippen MR) is 95.8 cm³/mol.